The minimum atomic E-state index is -2.87. The Morgan fingerprint density at radius 1 is 1.32 bits per heavy atom. The second kappa shape index (κ2) is 9.11. The highest BCUT2D eigenvalue weighted by atomic mass is 32.2. The number of carbonyl (C=O) groups excluding carboxylic acids is 1. The van der Waals surface area contributed by atoms with Crippen LogP contribution in [-0.4, -0.2) is 34.2 Å². The molecular weight excluding hydrogens is 410 g/mol. The van der Waals surface area contributed by atoms with Crippen molar-refractivity contribution in [1.29, 1.82) is 0 Å². The van der Waals surface area contributed by atoms with Crippen LogP contribution in [0, 0.1) is 0 Å². The predicted octanol–water partition coefficient (Wildman–Crippen LogP) is 4.46. The van der Waals surface area contributed by atoms with Gasteiger partial charge in [0.1, 0.15) is 5.75 Å². The highest BCUT2D eigenvalue weighted by molar-refractivity contribution is 7.98. The molecule has 11 heteroatoms. The average molecular weight is 426 g/mol. The summed E-state index contributed by atoms with van der Waals surface area (Å²) in [6, 6.07) is 5.94. The number of aromatic nitrogens is 3. The lowest BCUT2D eigenvalue weighted by atomic mass is 10.2. The van der Waals surface area contributed by atoms with E-state index in [0.29, 0.717) is 28.2 Å². The predicted molar refractivity (Wildman–Crippen MR) is 102 cm³/mol. The van der Waals surface area contributed by atoms with Gasteiger partial charge in [-0.1, -0.05) is 11.8 Å². The lowest BCUT2D eigenvalue weighted by molar-refractivity contribution is -0.116. The van der Waals surface area contributed by atoms with Crippen LogP contribution in [0.3, 0.4) is 0 Å². The van der Waals surface area contributed by atoms with Crippen molar-refractivity contribution in [2.45, 2.75) is 31.4 Å². The van der Waals surface area contributed by atoms with E-state index >= 15 is 0 Å². The highest BCUT2D eigenvalue weighted by Gasteiger charge is 2.15. The van der Waals surface area contributed by atoms with E-state index in [9.17, 15) is 13.6 Å². The molecule has 28 heavy (non-hydrogen) atoms. The smallest absolute Gasteiger partial charge is 0.387 e. The van der Waals surface area contributed by atoms with Crippen molar-refractivity contribution in [2.75, 3.05) is 11.4 Å². The fraction of sp³-hybridized carbons (Fsp3) is 0.294. The summed E-state index contributed by atoms with van der Waals surface area (Å²) in [5.41, 5.74) is 1.40. The first-order valence-corrected chi connectivity index (χ1v) is 10.1. The molecule has 0 aliphatic carbocycles. The Balaban J connectivity index is 1.61. The van der Waals surface area contributed by atoms with Gasteiger partial charge in [-0.3, -0.25) is 9.69 Å². The van der Waals surface area contributed by atoms with Crippen molar-refractivity contribution in [1.82, 2.24) is 15.2 Å². The number of hydrogen-bond acceptors (Lipinski definition) is 8. The van der Waals surface area contributed by atoms with Gasteiger partial charge >= 0.3 is 6.61 Å². The molecule has 2 aromatic heterocycles. The SMILES string of the molecule is CCN(C(C)=O)c1nc(CSc2nnc(-c3ccc(OC(F)F)cc3)o2)cs1. The minimum absolute atomic E-state index is 0.0532. The number of carbonyl (C=O) groups is 1. The van der Waals surface area contributed by atoms with Gasteiger partial charge in [-0.05, 0) is 31.2 Å². The van der Waals surface area contributed by atoms with Crippen molar-refractivity contribution in [3.63, 3.8) is 0 Å². The Kier molecular flexibility index (Phi) is 6.57. The van der Waals surface area contributed by atoms with Gasteiger partial charge in [0.15, 0.2) is 5.13 Å². The maximum Gasteiger partial charge on any atom is 0.387 e. The van der Waals surface area contributed by atoms with Crippen LogP contribution in [0.1, 0.15) is 19.5 Å². The van der Waals surface area contributed by atoms with Gasteiger partial charge in [0.05, 0.1) is 5.69 Å². The Hall–Kier alpha value is -2.53. The number of alkyl halides is 2. The molecule has 0 atom stereocenters. The van der Waals surface area contributed by atoms with E-state index in [4.69, 9.17) is 4.42 Å². The molecule has 0 N–H and O–H groups in total. The second-order valence-corrected chi connectivity index (χ2v) is 7.21. The van der Waals surface area contributed by atoms with E-state index < -0.39 is 6.61 Å². The minimum Gasteiger partial charge on any atom is -0.435 e. The van der Waals surface area contributed by atoms with Crippen LogP contribution < -0.4 is 9.64 Å². The third-order valence-corrected chi connectivity index (χ3v) is 5.31. The molecule has 0 aliphatic rings. The van der Waals surface area contributed by atoms with Crippen LogP contribution >= 0.6 is 23.1 Å². The van der Waals surface area contributed by atoms with Crippen LogP contribution in [-0.2, 0) is 10.5 Å². The van der Waals surface area contributed by atoms with Crippen molar-refractivity contribution >= 4 is 34.1 Å². The first kappa shape index (κ1) is 20.2. The molecule has 7 nitrogen and oxygen atoms in total. The standard InChI is InChI=1S/C17H16F2N4O3S2/c1-3-23(10(2)24)16-20-12(8-27-16)9-28-17-22-21-14(26-17)11-4-6-13(7-5-11)25-15(18)19/h4-8,15H,3,9H2,1-2H3. The monoisotopic (exact) mass is 426 g/mol. The Bertz CT molecular complexity index is 931. The normalized spacial score (nSPS) is 11.0. The first-order chi connectivity index (χ1) is 13.5. The number of nitrogens with zero attached hydrogens (tertiary/aromatic N) is 4. The highest BCUT2D eigenvalue weighted by Crippen LogP contribution is 2.29. The maximum atomic E-state index is 12.2. The van der Waals surface area contributed by atoms with E-state index in [-0.39, 0.29) is 17.5 Å². The quantitative estimate of drug-likeness (QED) is 0.492. The van der Waals surface area contributed by atoms with E-state index in [2.05, 4.69) is 19.9 Å². The number of ether oxygens (including phenoxy) is 1. The lowest BCUT2D eigenvalue weighted by Crippen LogP contribution is -2.27. The van der Waals surface area contributed by atoms with Gasteiger partial charge < -0.3 is 9.15 Å². The molecule has 1 aromatic carbocycles. The van der Waals surface area contributed by atoms with Crippen molar-refractivity contribution in [2.24, 2.45) is 0 Å². The topological polar surface area (TPSA) is 81.4 Å². The number of hydrogen-bond donors (Lipinski definition) is 0. The van der Waals surface area contributed by atoms with Crippen LogP contribution in [0.5, 0.6) is 5.75 Å². The molecule has 3 aromatic rings. The number of benzene rings is 1. The summed E-state index contributed by atoms with van der Waals surface area (Å²) in [6.45, 7) is 1.08. The number of rotatable bonds is 8. The summed E-state index contributed by atoms with van der Waals surface area (Å²) in [4.78, 5) is 17.6. The van der Waals surface area contributed by atoms with E-state index in [1.54, 1.807) is 17.0 Å². The average Bonchev–Trinajstić information content (AvgIpc) is 3.30. The van der Waals surface area contributed by atoms with Crippen LogP contribution in [0.15, 0.2) is 39.3 Å². The van der Waals surface area contributed by atoms with Gasteiger partial charge in [0.25, 0.3) is 5.22 Å². The van der Waals surface area contributed by atoms with Gasteiger partial charge in [0.2, 0.25) is 11.8 Å². The molecule has 148 valence electrons. The van der Waals surface area contributed by atoms with Gasteiger partial charge in [-0.15, -0.1) is 21.5 Å². The fourth-order valence-electron chi connectivity index (χ4n) is 2.28. The maximum absolute atomic E-state index is 12.2. The zero-order valence-corrected chi connectivity index (χ0v) is 16.6. The summed E-state index contributed by atoms with van der Waals surface area (Å²) in [5, 5.41) is 10.8. The number of thioether (sulfide) groups is 1. The molecule has 0 radical (unpaired) electrons. The van der Waals surface area contributed by atoms with E-state index in [1.165, 1.54) is 42.2 Å². The molecule has 2 heterocycles. The summed E-state index contributed by atoms with van der Waals surface area (Å²) in [6.07, 6.45) is 0. The molecule has 0 aliphatic heterocycles. The van der Waals surface area contributed by atoms with Crippen molar-refractivity contribution in [3.05, 3.63) is 35.3 Å². The molecular formula is C17H16F2N4O3S2. The van der Waals surface area contributed by atoms with Crippen molar-refractivity contribution in [3.8, 4) is 17.2 Å². The number of thiazole rings is 1. The molecule has 0 unspecified atom stereocenters. The van der Waals surface area contributed by atoms with Gasteiger partial charge in [-0.2, -0.15) is 8.78 Å². The van der Waals surface area contributed by atoms with Crippen molar-refractivity contribution < 1.29 is 22.7 Å². The molecule has 0 fully saturated rings. The number of halogens is 2. The summed E-state index contributed by atoms with van der Waals surface area (Å²) in [7, 11) is 0. The molecule has 1 amide bonds. The summed E-state index contributed by atoms with van der Waals surface area (Å²) in [5.74, 6) is 0.787. The first-order valence-electron chi connectivity index (χ1n) is 8.20. The molecule has 3 rings (SSSR count). The lowest BCUT2D eigenvalue weighted by Gasteiger charge is -2.14. The molecule has 0 spiro atoms. The summed E-state index contributed by atoms with van der Waals surface area (Å²) >= 11 is 2.72. The van der Waals surface area contributed by atoms with Crippen LogP contribution in [0.25, 0.3) is 11.5 Å². The van der Waals surface area contributed by atoms with E-state index in [0.717, 1.165) is 5.69 Å². The third kappa shape index (κ3) is 5.04. The largest absolute Gasteiger partial charge is 0.435 e. The molecule has 0 saturated carbocycles. The third-order valence-electron chi connectivity index (χ3n) is 3.54. The van der Waals surface area contributed by atoms with Crippen LogP contribution in [0.4, 0.5) is 13.9 Å². The summed E-state index contributed by atoms with van der Waals surface area (Å²) < 4.78 is 34.3. The second-order valence-electron chi connectivity index (χ2n) is 5.45. The zero-order valence-electron chi connectivity index (χ0n) is 15.0. The zero-order chi connectivity index (χ0) is 20.1. The van der Waals surface area contributed by atoms with Gasteiger partial charge in [-0.25, -0.2) is 4.98 Å². The van der Waals surface area contributed by atoms with Crippen LogP contribution in [0.2, 0.25) is 0 Å². The molecule has 0 saturated heterocycles. The molecule has 0 bridgehead atoms. The number of anilines is 1. The Labute approximate surface area is 167 Å². The van der Waals surface area contributed by atoms with E-state index in [1.807, 2.05) is 12.3 Å². The Morgan fingerprint density at radius 3 is 2.71 bits per heavy atom. The fourth-order valence-corrected chi connectivity index (χ4v) is 3.97. The Morgan fingerprint density at radius 2 is 2.07 bits per heavy atom. The number of amides is 1. The van der Waals surface area contributed by atoms with Gasteiger partial charge in [0, 0.05) is 30.2 Å².